The molecule has 5 nitrogen and oxygen atoms in total. The molecule has 2 aliphatic rings. The van der Waals surface area contributed by atoms with Gasteiger partial charge in [-0.25, -0.2) is 0 Å². The Hall–Kier alpha value is -1.44. The van der Waals surface area contributed by atoms with E-state index in [0.29, 0.717) is 12.8 Å². The number of carbonyl (C=O) groups is 2. The van der Waals surface area contributed by atoms with E-state index in [2.05, 4.69) is 5.32 Å². The lowest BCUT2D eigenvalue weighted by Crippen LogP contribution is -2.49. The average Bonchev–Trinajstić information content (AvgIpc) is 3.14. The highest BCUT2D eigenvalue weighted by Crippen LogP contribution is 2.36. The Morgan fingerprint density at radius 1 is 1.46 bits per heavy atom. The highest BCUT2D eigenvalue weighted by atomic mass is 32.1. The number of thiophene rings is 1. The zero-order valence-corrected chi connectivity index (χ0v) is 14.6. The summed E-state index contributed by atoms with van der Waals surface area (Å²) in [5.74, 6) is -0.529. The van der Waals surface area contributed by atoms with Gasteiger partial charge in [0, 0.05) is 11.3 Å². The molecule has 3 rings (SSSR count). The van der Waals surface area contributed by atoms with Crippen molar-refractivity contribution in [3.8, 4) is 0 Å². The lowest BCUT2D eigenvalue weighted by molar-refractivity contribution is -0.121. The van der Waals surface area contributed by atoms with Crippen LogP contribution in [0.25, 0.3) is 0 Å². The van der Waals surface area contributed by atoms with Crippen molar-refractivity contribution in [3.05, 3.63) is 33.5 Å². The molecular weight excluding hydrogens is 325 g/mol. The summed E-state index contributed by atoms with van der Waals surface area (Å²) in [4.78, 5) is 24.7. The Labute approximate surface area is 146 Å². The minimum atomic E-state index is -1.09. The number of ketones is 1. The van der Waals surface area contributed by atoms with Crippen LogP contribution in [0.3, 0.4) is 0 Å². The van der Waals surface area contributed by atoms with Crippen molar-refractivity contribution in [1.29, 1.82) is 0 Å². The largest absolute Gasteiger partial charge is 0.478 e. The maximum Gasteiger partial charge on any atom is 0.478 e. The second-order valence-corrected chi connectivity index (χ2v) is 7.57. The van der Waals surface area contributed by atoms with E-state index >= 15 is 0 Å². The Kier molecular flexibility index (Phi) is 5.53. The van der Waals surface area contributed by atoms with Gasteiger partial charge in [0.05, 0.1) is 18.5 Å². The minimum Gasteiger partial charge on any atom is -0.426 e. The van der Waals surface area contributed by atoms with Crippen LogP contribution in [0.1, 0.15) is 43.9 Å². The number of rotatable bonds is 5. The van der Waals surface area contributed by atoms with E-state index in [1.165, 1.54) is 23.8 Å². The van der Waals surface area contributed by atoms with Crippen LogP contribution in [0.4, 0.5) is 0 Å². The first-order chi connectivity index (χ1) is 11.5. The molecule has 0 spiro atoms. The number of nitrogens with one attached hydrogen (secondary N) is 1. The third kappa shape index (κ3) is 4.15. The normalized spacial score (nSPS) is 23.8. The Bertz CT molecular complexity index is 643. The summed E-state index contributed by atoms with van der Waals surface area (Å²) in [7, 11) is -1.09. The highest BCUT2D eigenvalue weighted by Gasteiger charge is 2.39. The molecule has 24 heavy (non-hydrogen) atoms. The van der Waals surface area contributed by atoms with Crippen molar-refractivity contribution in [2.45, 2.75) is 57.5 Å². The van der Waals surface area contributed by atoms with Crippen LogP contribution < -0.4 is 5.32 Å². The van der Waals surface area contributed by atoms with Gasteiger partial charge in [-0.05, 0) is 49.6 Å². The second-order valence-electron chi connectivity index (χ2n) is 6.54. The smallest absolute Gasteiger partial charge is 0.426 e. The van der Waals surface area contributed by atoms with E-state index in [0.717, 1.165) is 29.7 Å². The van der Waals surface area contributed by atoms with Crippen LogP contribution in [-0.2, 0) is 20.7 Å². The molecule has 1 amide bonds. The summed E-state index contributed by atoms with van der Waals surface area (Å²) in [6, 6.07) is 3.84. The van der Waals surface area contributed by atoms with Gasteiger partial charge in [-0.2, -0.15) is 0 Å². The number of amides is 1. The predicted molar refractivity (Wildman–Crippen MR) is 93.6 cm³/mol. The second kappa shape index (κ2) is 7.63. The van der Waals surface area contributed by atoms with Gasteiger partial charge < -0.3 is 15.0 Å². The summed E-state index contributed by atoms with van der Waals surface area (Å²) in [6.07, 6.45) is 3.76. The summed E-state index contributed by atoms with van der Waals surface area (Å²) in [5.41, 5.74) is 2.39. The first-order valence-corrected chi connectivity index (χ1v) is 9.26. The molecule has 1 aromatic rings. The van der Waals surface area contributed by atoms with E-state index < -0.39 is 13.1 Å². The minimum absolute atomic E-state index is 0.0473. The molecule has 0 saturated heterocycles. The molecule has 0 fully saturated rings. The fraction of sp³-hybridized carbons (Fsp3) is 0.529. The third-order valence-electron chi connectivity index (χ3n) is 4.62. The average molecular weight is 347 g/mol. The molecule has 2 heterocycles. The SMILES string of the molecule is CC(=O)CC1OB(O)[C@@H](NC(=O)Cc2cccs2)CC2=C1CCC2. The van der Waals surface area contributed by atoms with Crippen LogP contribution in [0, 0.1) is 0 Å². The van der Waals surface area contributed by atoms with E-state index in [1.807, 2.05) is 17.5 Å². The molecule has 0 bridgehead atoms. The number of hydrogen-bond acceptors (Lipinski definition) is 5. The number of Topliss-reactive ketones (excluding diaryl/α,β-unsaturated/α-hetero) is 1. The maximum atomic E-state index is 12.2. The Morgan fingerprint density at radius 2 is 2.29 bits per heavy atom. The van der Waals surface area contributed by atoms with Gasteiger partial charge in [0.15, 0.2) is 0 Å². The van der Waals surface area contributed by atoms with Gasteiger partial charge in [-0.3, -0.25) is 9.59 Å². The molecule has 0 radical (unpaired) electrons. The first-order valence-electron chi connectivity index (χ1n) is 8.38. The molecular formula is C17H22BNO4S. The van der Waals surface area contributed by atoms with Crippen molar-refractivity contribution in [2.24, 2.45) is 0 Å². The topological polar surface area (TPSA) is 75.6 Å². The van der Waals surface area contributed by atoms with Gasteiger partial charge in [0.1, 0.15) is 5.78 Å². The summed E-state index contributed by atoms with van der Waals surface area (Å²) in [6.45, 7) is 1.54. The van der Waals surface area contributed by atoms with E-state index in [4.69, 9.17) is 4.65 Å². The molecule has 128 valence electrons. The van der Waals surface area contributed by atoms with Gasteiger partial charge in [0.25, 0.3) is 0 Å². The summed E-state index contributed by atoms with van der Waals surface area (Å²) in [5, 5.41) is 15.2. The molecule has 2 N–H and O–H groups in total. The highest BCUT2D eigenvalue weighted by molar-refractivity contribution is 7.10. The quantitative estimate of drug-likeness (QED) is 0.631. The van der Waals surface area contributed by atoms with Gasteiger partial charge in [0.2, 0.25) is 5.91 Å². The van der Waals surface area contributed by atoms with Gasteiger partial charge >= 0.3 is 7.12 Å². The van der Waals surface area contributed by atoms with Crippen LogP contribution >= 0.6 is 11.3 Å². The maximum absolute atomic E-state index is 12.2. The molecule has 1 aromatic heterocycles. The van der Waals surface area contributed by atoms with Crippen LogP contribution in [0.15, 0.2) is 28.7 Å². The van der Waals surface area contributed by atoms with Crippen molar-refractivity contribution in [3.63, 3.8) is 0 Å². The molecule has 1 aliphatic carbocycles. The van der Waals surface area contributed by atoms with Crippen molar-refractivity contribution in [1.82, 2.24) is 5.32 Å². The van der Waals surface area contributed by atoms with E-state index in [9.17, 15) is 14.6 Å². The predicted octanol–water partition coefficient (Wildman–Crippen LogP) is 2.04. The molecule has 0 saturated carbocycles. The van der Waals surface area contributed by atoms with E-state index in [-0.39, 0.29) is 24.2 Å². The van der Waals surface area contributed by atoms with Crippen molar-refractivity contribution < 1.29 is 19.3 Å². The summed E-state index contributed by atoms with van der Waals surface area (Å²) >= 11 is 1.54. The number of hydrogen-bond donors (Lipinski definition) is 2. The lowest BCUT2D eigenvalue weighted by atomic mass is 9.75. The van der Waals surface area contributed by atoms with Crippen LogP contribution in [0.5, 0.6) is 0 Å². The molecule has 1 aliphatic heterocycles. The third-order valence-corrected chi connectivity index (χ3v) is 5.49. The standard InChI is InChI=1S/C17H22BNO4S/c1-11(20)8-15-14-6-2-4-12(14)9-16(18(22)23-15)19-17(21)10-13-5-3-7-24-13/h3,5,7,15-16,22H,2,4,6,8-10H2,1H3,(H,19,21)/t15?,16-/m0/s1. The molecule has 2 atom stereocenters. The van der Waals surface area contributed by atoms with E-state index in [1.54, 1.807) is 0 Å². The number of carbonyl (C=O) groups excluding carboxylic acids is 2. The first kappa shape index (κ1) is 17.4. The van der Waals surface area contributed by atoms with Crippen molar-refractivity contribution >= 4 is 30.1 Å². The van der Waals surface area contributed by atoms with Gasteiger partial charge in [-0.1, -0.05) is 11.6 Å². The Morgan fingerprint density at radius 3 is 3.00 bits per heavy atom. The zero-order chi connectivity index (χ0) is 17.1. The lowest BCUT2D eigenvalue weighted by Gasteiger charge is -2.22. The summed E-state index contributed by atoms with van der Waals surface area (Å²) < 4.78 is 5.75. The molecule has 1 unspecified atom stereocenters. The van der Waals surface area contributed by atoms with Gasteiger partial charge in [-0.15, -0.1) is 11.3 Å². The molecule has 7 heteroatoms. The zero-order valence-electron chi connectivity index (χ0n) is 13.8. The molecule has 0 aromatic carbocycles. The fourth-order valence-electron chi connectivity index (χ4n) is 3.55. The van der Waals surface area contributed by atoms with Crippen LogP contribution in [-0.4, -0.2) is 35.9 Å². The monoisotopic (exact) mass is 347 g/mol. The van der Waals surface area contributed by atoms with Crippen LogP contribution in [0.2, 0.25) is 0 Å². The van der Waals surface area contributed by atoms with Crippen molar-refractivity contribution in [2.75, 3.05) is 0 Å². The fourth-order valence-corrected chi connectivity index (χ4v) is 4.25. The Balaban J connectivity index is 1.68.